The maximum absolute atomic E-state index is 14.3. The molecule has 2 aromatic carbocycles. The molecule has 0 spiro atoms. The Morgan fingerprint density at radius 3 is 2.44 bits per heavy atom. The van der Waals surface area contributed by atoms with Gasteiger partial charge in [-0.1, -0.05) is 6.07 Å². The Morgan fingerprint density at radius 2 is 1.81 bits per heavy atom. The molecule has 0 radical (unpaired) electrons. The number of nitrogens with zero attached hydrogens (tertiary/aromatic N) is 1. The van der Waals surface area contributed by atoms with Gasteiger partial charge in [0.1, 0.15) is 5.82 Å². The molecule has 4 N–H and O–H groups in total. The molecule has 0 aliphatic heterocycles. The molecule has 3 rings (SSSR count). The first-order valence-electron chi connectivity index (χ1n) is 9.31. The van der Waals surface area contributed by atoms with Crippen molar-refractivity contribution >= 4 is 32.5 Å². The molecule has 1 aromatic heterocycles. The largest absolute Gasteiger partial charge is 0.328 e. The number of halogens is 3. The number of amides is 2. The third kappa shape index (κ3) is 5.08. The predicted octanol–water partition coefficient (Wildman–Crippen LogP) is 2.83. The number of hydrogen-bond donors (Lipinski definition) is 3. The smallest absolute Gasteiger partial charge is 0.322 e. The molecule has 12 heteroatoms. The van der Waals surface area contributed by atoms with Gasteiger partial charge in [0.25, 0.3) is 5.56 Å². The van der Waals surface area contributed by atoms with Gasteiger partial charge < -0.3 is 15.2 Å². The van der Waals surface area contributed by atoms with E-state index in [1.165, 1.54) is 31.3 Å². The van der Waals surface area contributed by atoms with E-state index in [2.05, 4.69) is 10.3 Å². The number of nitrogens with one attached hydrogen (secondary N) is 2. The first-order valence-corrected chi connectivity index (χ1v) is 11.0. The van der Waals surface area contributed by atoms with E-state index in [4.69, 9.17) is 5.14 Å². The number of carbonyl (C=O) groups excluding carboxylic acids is 1. The highest BCUT2D eigenvalue weighted by Gasteiger charge is 2.26. The van der Waals surface area contributed by atoms with Crippen LogP contribution in [-0.4, -0.2) is 36.6 Å². The van der Waals surface area contributed by atoms with Crippen LogP contribution in [0.2, 0.25) is 0 Å². The molecule has 0 fully saturated rings. The van der Waals surface area contributed by atoms with E-state index in [0.717, 1.165) is 23.1 Å². The number of carbonyl (C=O) groups is 1. The van der Waals surface area contributed by atoms with E-state index in [1.807, 2.05) is 0 Å². The minimum Gasteiger partial charge on any atom is -0.328 e. The number of pyridine rings is 1. The van der Waals surface area contributed by atoms with Crippen LogP contribution in [0.25, 0.3) is 10.8 Å². The van der Waals surface area contributed by atoms with Crippen LogP contribution in [0.4, 0.5) is 23.7 Å². The van der Waals surface area contributed by atoms with Gasteiger partial charge in [-0.3, -0.25) is 4.79 Å². The van der Waals surface area contributed by atoms with Crippen LogP contribution < -0.4 is 16.0 Å². The quantitative estimate of drug-likeness (QED) is 0.514. The number of benzene rings is 2. The minimum absolute atomic E-state index is 0.0512. The lowest BCUT2D eigenvalue weighted by atomic mass is 10.0. The Kier molecular flexibility index (Phi) is 6.55. The Hall–Kier alpha value is -3.38. The number of sulfonamides is 1. The van der Waals surface area contributed by atoms with E-state index in [1.54, 1.807) is 0 Å². The summed E-state index contributed by atoms with van der Waals surface area (Å²) in [6.07, 6.45) is 1.24. The van der Waals surface area contributed by atoms with Gasteiger partial charge in [-0.05, 0) is 48.2 Å². The molecule has 2 amide bonds. The maximum Gasteiger partial charge on any atom is 0.322 e. The molecule has 170 valence electrons. The van der Waals surface area contributed by atoms with Gasteiger partial charge in [0.2, 0.25) is 10.0 Å². The average molecular weight is 468 g/mol. The summed E-state index contributed by atoms with van der Waals surface area (Å²) in [5, 5.41) is 7.11. The fraction of sp³-hybridized carbons (Fsp3) is 0.200. The second-order valence-electron chi connectivity index (χ2n) is 7.03. The first kappa shape index (κ1) is 23.3. The van der Waals surface area contributed by atoms with E-state index in [9.17, 15) is 31.2 Å². The number of urea groups is 1. The lowest BCUT2D eigenvalue weighted by Gasteiger charge is -2.30. The number of rotatable bonds is 6. The van der Waals surface area contributed by atoms with E-state index < -0.39 is 56.2 Å². The molecule has 3 aromatic rings. The summed E-state index contributed by atoms with van der Waals surface area (Å²) in [5.41, 5.74) is -0.384. The average Bonchev–Trinajstić information content (AvgIpc) is 2.71. The summed E-state index contributed by atoms with van der Waals surface area (Å²) in [7, 11) is -3.95. The summed E-state index contributed by atoms with van der Waals surface area (Å²) in [6.45, 7) is 1.17. The van der Waals surface area contributed by atoms with Crippen LogP contribution in [0.3, 0.4) is 0 Å². The molecule has 1 atom stereocenters. The number of H-pyrrole nitrogens is 1. The maximum atomic E-state index is 14.3. The molecule has 0 saturated carbocycles. The van der Waals surface area contributed by atoms with E-state index in [0.29, 0.717) is 0 Å². The molecule has 0 aliphatic rings. The highest BCUT2D eigenvalue weighted by atomic mass is 32.2. The Balaban J connectivity index is 2.03. The van der Waals surface area contributed by atoms with Gasteiger partial charge in [-0.25, -0.2) is 31.5 Å². The van der Waals surface area contributed by atoms with Crippen molar-refractivity contribution in [1.29, 1.82) is 0 Å². The van der Waals surface area contributed by atoms with Crippen LogP contribution in [-0.2, 0) is 10.0 Å². The SMILES string of the molecule is C[C@@H](c1c[nH]c(=O)c2c(F)c(F)ccc12)N(CCS(N)(=O)=O)C(=O)Nc1ccc(F)cc1. The Morgan fingerprint density at radius 1 is 1.16 bits per heavy atom. The van der Waals surface area contributed by atoms with Crippen molar-refractivity contribution in [3.63, 3.8) is 0 Å². The number of hydrogen-bond acceptors (Lipinski definition) is 4. The van der Waals surface area contributed by atoms with Gasteiger partial charge in [-0.15, -0.1) is 0 Å². The van der Waals surface area contributed by atoms with E-state index >= 15 is 0 Å². The number of nitrogens with two attached hydrogens (primary N) is 1. The lowest BCUT2D eigenvalue weighted by molar-refractivity contribution is 0.197. The third-order valence-electron chi connectivity index (χ3n) is 4.88. The van der Waals surface area contributed by atoms with Crippen LogP contribution in [0.5, 0.6) is 0 Å². The minimum atomic E-state index is -3.95. The third-order valence-corrected chi connectivity index (χ3v) is 5.63. The fourth-order valence-corrected chi connectivity index (χ4v) is 3.70. The van der Waals surface area contributed by atoms with Gasteiger partial charge in [-0.2, -0.15) is 0 Å². The molecule has 32 heavy (non-hydrogen) atoms. The molecule has 0 saturated heterocycles. The van der Waals surface area contributed by atoms with Crippen LogP contribution in [0.1, 0.15) is 18.5 Å². The Labute approximate surface area is 180 Å². The number of anilines is 1. The zero-order valence-corrected chi connectivity index (χ0v) is 17.5. The van der Waals surface area contributed by atoms with Gasteiger partial charge >= 0.3 is 6.03 Å². The molecule has 0 unspecified atom stereocenters. The number of aromatic amines is 1. The second kappa shape index (κ2) is 9.01. The normalized spacial score (nSPS) is 12.5. The molecule has 1 heterocycles. The standard InChI is InChI=1S/C20H19F3N4O4S/c1-11(15-10-25-19(28)17-14(15)6-7-16(22)18(17)23)27(8-9-32(24,30)31)20(29)26-13-4-2-12(21)3-5-13/h2-7,10-11H,8-9H2,1H3,(H,25,28)(H,26,29)(H2,24,30,31)/t11-/m0/s1. The van der Waals surface area contributed by atoms with Crippen molar-refractivity contribution in [2.75, 3.05) is 17.6 Å². The van der Waals surface area contributed by atoms with Gasteiger partial charge in [0, 0.05) is 18.4 Å². The summed E-state index contributed by atoms with van der Waals surface area (Å²) < 4.78 is 64.1. The highest BCUT2D eigenvalue weighted by Crippen LogP contribution is 2.28. The van der Waals surface area contributed by atoms with Crippen molar-refractivity contribution in [3.8, 4) is 0 Å². The first-order chi connectivity index (χ1) is 15.0. The molecule has 8 nitrogen and oxygen atoms in total. The number of primary sulfonamides is 1. The number of aromatic nitrogens is 1. The van der Waals surface area contributed by atoms with Gasteiger partial charge in [0.05, 0.1) is 17.2 Å². The Bertz CT molecular complexity index is 1330. The van der Waals surface area contributed by atoms with Crippen LogP contribution in [0, 0.1) is 17.5 Å². The van der Waals surface area contributed by atoms with E-state index in [-0.39, 0.29) is 23.2 Å². The fourth-order valence-electron chi connectivity index (χ4n) is 3.25. The van der Waals surface area contributed by atoms with Crippen molar-refractivity contribution in [3.05, 3.63) is 76.0 Å². The lowest BCUT2D eigenvalue weighted by Crippen LogP contribution is -2.41. The highest BCUT2D eigenvalue weighted by molar-refractivity contribution is 7.89. The molecular weight excluding hydrogens is 449 g/mol. The zero-order valence-electron chi connectivity index (χ0n) is 16.7. The summed E-state index contributed by atoms with van der Waals surface area (Å²) in [6, 6.07) is 5.26. The number of fused-ring (bicyclic) bond motifs is 1. The summed E-state index contributed by atoms with van der Waals surface area (Å²) in [4.78, 5) is 28.4. The van der Waals surface area contributed by atoms with Crippen molar-refractivity contribution in [2.45, 2.75) is 13.0 Å². The molecule has 0 bridgehead atoms. The van der Waals surface area contributed by atoms with Crippen LogP contribution in [0.15, 0.2) is 47.4 Å². The second-order valence-corrected chi connectivity index (χ2v) is 8.76. The topological polar surface area (TPSA) is 125 Å². The van der Waals surface area contributed by atoms with Crippen LogP contribution >= 0.6 is 0 Å². The monoisotopic (exact) mass is 468 g/mol. The summed E-state index contributed by atoms with van der Waals surface area (Å²) >= 11 is 0. The molecular formula is C20H19F3N4O4S. The predicted molar refractivity (Wildman–Crippen MR) is 113 cm³/mol. The molecule has 0 aliphatic carbocycles. The zero-order chi connectivity index (χ0) is 23.6. The van der Waals surface area contributed by atoms with Crippen molar-refractivity contribution < 1.29 is 26.4 Å². The van der Waals surface area contributed by atoms with Crippen molar-refractivity contribution in [1.82, 2.24) is 9.88 Å². The van der Waals surface area contributed by atoms with Crippen molar-refractivity contribution in [2.24, 2.45) is 5.14 Å². The van der Waals surface area contributed by atoms with Gasteiger partial charge in [0.15, 0.2) is 11.6 Å². The summed E-state index contributed by atoms with van der Waals surface area (Å²) in [5.74, 6) is -3.66.